The van der Waals surface area contributed by atoms with Crippen LogP contribution in [0.5, 0.6) is 0 Å². The third-order valence-electron chi connectivity index (χ3n) is 5.00. The van der Waals surface area contributed by atoms with Crippen molar-refractivity contribution in [2.75, 3.05) is 30.3 Å². The fraction of sp³-hybridized carbons (Fsp3) is 0.632. The molecule has 0 saturated heterocycles. The summed E-state index contributed by atoms with van der Waals surface area (Å²) in [6, 6.07) is 4.93. The fourth-order valence-corrected chi connectivity index (χ4v) is 4.89. The molecule has 1 aromatic rings. The number of halogens is 1. The number of sulfonamides is 1. The molecule has 0 spiro atoms. The maximum atomic E-state index is 12.8. The molecule has 9 heteroatoms. The fourth-order valence-electron chi connectivity index (χ4n) is 3.40. The first-order valence-electron chi connectivity index (χ1n) is 9.77. The number of amides is 1. The van der Waals surface area contributed by atoms with Crippen LogP contribution in [-0.4, -0.2) is 44.3 Å². The molecule has 1 saturated carbocycles. The lowest BCUT2D eigenvalue weighted by atomic mass is 10.1. The van der Waals surface area contributed by atoms with Crippen LogP contribution in [0.2, 0.25) is 0 Å². The minimum Gasteiger partial charge on any atom is -0.383 e. The third-order valence-corrected chi connectivity index (χ3v) is 7.05. The summed E-state index contributed by atoms with van der Waals surface area (Å²) < 4.78 is 27.1. The number of nitrogens with two attached hydrogens (primary N) is 1. The van der Waals surface area contributed by atoms with Gasteiger partial charge in [-0.15, -0.1) is 12.4 Å². The third kappa shape index (κ3) is 5.83. The van der Waals surface area contributed by atoms with E-state index in [-0.39, 0.29) is 35.2 Å². The highest BCUT2D eigenvalue weighted by molar-refractivity contribution is 7.89. The van der Waals surface area contributed by atoms with Crippen LogP contribution >= 0.6 is 12.4 Å². The number of nitrogens with zero attached hydrogens (tertiary/aromatic N) is 1. The van der Waals surface area contributed by atoms with Crippen LogP contribution in [0.25, 0.3) is 0 Å². The lowest BCUT2D eigenvalue weighted by Crippen LogP contribution is -2.30. The number of rotatable bonds is 9. The van der Waals surface area contributed by atoms with E-state index in [1.54, 1.807) is 18.2 Å². The van der Waals surface area contributed by atoms with Crippen molar-refractivity contribution in [3.63, 3.8) is 0 Å². The van der Waals surface area contributed by atoms with Crippen molar-refractivity contribution in [2.45, 2.75) is 57.4 Å². The van der Waals surface area contributed by atoms with E-state index in [0.29, 0.717) is 25.2 Å². The molecule has 4 N–H and O–H groups in total. The Morgan fingerprint density at radius 2 is 1.86 bits per heavy atom. The van der Waals surface area contributed by atoms with Crippen LogP contribution in [0, 0.1) is 5.92 Å². The van der Waals surface area contributed by atoms with Gasteiger partial charge in [0.05, 0.1) is 16.3 Å². The first-order chi connectivity index (χ1) is 12.8. The standard InChI is InChI=1S/C19H32N4O3S.ClH/c1-4-11-21-17-10-9-16(27(25,26)23(5-2)6-3)13-18(17)22-19(24)14-7-8-15(20)12-14;/h9-10,13-15,21H,4-8,11-12,20H2,1-3H3,(H,22,24);1H. The maximum Gasteiger partial charge on any atom is 0.243 e. The van der Waals surface area contributed by atoms with Crippen LogP contribution in [0.1, 0.15) is 46.5 Å². The largest absolute Gasteiger partial charge is 0.383 e. The Morgan fingerprint density at radius 1 is 1.18 bits per heavy atom. The van der Waals surface area contributed by atoms with Crippen LogP contribution < -0.4 is 16.4 Å². The second-order valence-electron chi connectivity index (χ2n) is 6.98. The van der Waals surface area contributed by atoms with Gasteiger partial charge in [-0.3, -0.25) is 4.79 Å². The zero-order chi connectivity index (χ0) is 20.0. The number of benzene rings is 1. The van der Waals surface area contributed by atoms with E-state index in [0.717, 1.165) is 31.5 Å². The molecule has 0 aliphatic heterocycles. The highest BCUT2D eigenvalue weighted by atomic mass is 35.5. The number of hydrogen-bond acceptors (Lipinski definition) is 5. The van der Waals surface area contributed by atoms with E-state index < -0.39 is 10.0 Å². The number of nitrogens with one attached hydrogen (secondary N) is 2. The Morgan fingerprint density at radius 3 is 2.39 bits per heavy atom. The van der Waals surface area contributed by atoms with Crippen LogP contribution in [0.3, 0.4) is 0 Å². The second kappa shape index (κ2) is 11.0. The number of anilines is 2. The topological polar surface area (TPSA) is 105 Å². The van der Waals surface area contributed by atoms with Crippen LogP contribution in [-0.2, 0) is 14.8 Å². The summed E-state index contributed by atoms with van der Waals surface area (Å²) in [5.41, 5.74) is 7.15. The average molecular weight is 433 g/mol. The molecule has 0 bridgehead atoms. The monoisotopic (exact) mass is 432 g/mol. The van der Waals surface area contributed by atoms with Gasteiger partial charge in [-0.2, -0.15) is 4.31 Å². The molecule has 2 unspecified atom stereocenters. The molecular formula is C19H33ClN4O3S. The van der Waals surface area contributed by atoms with Gasteiger partial charge in [-0.05, 0) is 43.9 Å². The Hall–Kier alpha value is -1.35. The van der Waals surface area contributed by atoms with Gasteiger partial charge in [0, 0.05) is 31.6 Å². The molecule has 1 fully saturated rings. The van der Waals surface area contributed by atoms with Crippen molar-refractivity contribution in [3.05, 3.63) is 18.2 Å². The minimum atomic E-state index is -3.59. The highest BCUT2D eigenvalue weighted by Crippen LogP contribution is 2.30. The van der Waals surface area contributed by atoms with E-state index in [9.17, 15) is 13.2 Å². The predicted molar refractivity (Wildman–Crippen MR) is 117 cm³/mol. The Balaban J connectivity index is 0.00000392. The van der Waals surface area contributed by atoms with Gasteiger partial charge in [-0.25, -0.2) is 8.42 Å². The van der Waals surface area contributed by atoms with Crippen LogP contribution in [0.15, 0.2) is 23.1 Å². The van der Waals surface area contributed by atoms with Gasteiger partial charge >= 0.3 is 0 Å². The number of hydrogen-bond donors (Lipinski definition) is 3. The smallest absolute Gasteiger partial charge is 0.243 e. The van der Waals surface area contributed by atoms with Gasteiger partial charge in [0.1, 0.15) is 0 Å². The molecule has 28 heavy (non-hydrogen) atoms. The average Bonchev–Trinajstić information content (AvgIpc) is 3.08. The summed E-state index contributed by atoms with van der Waals surface area (Å²) in [4.78, 5) is 12.8. The molecule has 1 aliphatic rings. The molecule has 1 aromatic carbocycles. The Kier molecular flexibility index (Phi) is 9.69. The Bertz CT molecular complexity index is 754. The Labute approximate surface area is 174 Å². The molecule has 7 nitrogen and oxygen atoms in total. The summed E-state index contributed by atoms with van der Waals surface area (Å²) in [6.45, 7) is 7.20. The molecule has 0 aromatic heterocycles. The summed E-state index contributed by atoms with van der Waals surface area (Å²) in [7, 11) is -3.59. The van der Waals surface area contributed by atoms with E-state index in [4.69, 9.17) is 5.73 Å². The SMILES string of the molecule is CCCNc1ccc(S(=O)(=O)N(CC)CC)cc1NC(=O)C1CCC(N)C1.Cl. The second-order valence-corrected chi connectivity index (χ2v) is 8.92. The zero-order valence-corrected chi connectivity index (χ0v) is 18.5. The predicted octanol–water partition coefficient (Wildman–Crippen LogP) is 3.03. The molecule has 0 radical (unpaired) electrons. The summed E-state index contributed by atoms with van der Waals surface area (Å²) >= 11 is 0. The lowest BCUT2D eigenvalue weighted by molar-refractivity contribution is -0.119. The van der Waals surface area contributed by atoms with Gasteiger partial charge in [0.25, 0.3) is 0 Å². The van der Waals surface area contributed by atoms with Crippen LogP contribution in [0.4, 0.5) is 11.4 Å². The highest BCUT2D eigenvalue weighted by Gasteiger charge is 2.29. The van der Waals surface area contributed by atoms with E-state index >= 15 is 0 Å². The summed E-state index contributed by atoms with van der Waals surface area (Å²) in [6.07, 6.45) is 3.20. The first-order valence-corrected chi connectivity index (χ1v) is 11.2. The van der Waals surface area contributed by atoms with E-state index in [2.05, 4.69) is 10.6 Å². The van der Waals surface area contributed by atoms with Gasteiger partial charge in [0.2, 0.25) is 15.9 Å². The summed E-state index contributed by atoms with van der Waals surface area (Å²) in [5.74, 6) is -0.220. The lowest BCUT2D eigenvalue weighted by Gasteiger charge is -2.21. The van der Waals surface area contributed by atoms with Crippen molar-refractivity contribution in [1.82, 2.24) is 4.31 Å². The molecule has 2 rings (SSSR count). The molecule has 1 amide bonds. The van der Waals surface area contributed by atoms with Gasteiger partial charge < -0.3 is 16.4 Å². The molecule has 1 aliphatic carbocycles. The van der Waals surface area contributed by atoms with Gasteiger partial charge in [-0.1, -0.05) is 20.8 Å². The first kappa shape index (κ1) is 24.7. The molecule has 0 heterocycles. The van der Waals surface area contributed by atoms with Crippen molar-refractivity contribution in [2.24, 2.45) is 11.7 Å². The van der Waals surface area contributed by atoms with Crippen molar-refractivity contribution >= 4 is 39.7 Å². The molecule has 160 valence electrons. The summed E-state index contributed by atoms with van der Waals surface area (Å²) in [5, 5.41) is 6.19. The maximum absolute atomic E-state index is 12.8. The van der Waals surface area contributed by atoms with Crippen molar-refractivity contribution in [1.29, 1.82) is 0 Å². The van der Waals surface area contributed by atoms with Crippen molar-refractivity contribution in [3.8, 4) is 0 Å². The van der Waals surface area contributed by atoms with Gasteiger partial charge in [0.15, 0.2) is 0 Å². The molecule has 2 atom stereocenters. The number of carbonyl (C=O) groups is 1. The molecular weight excluding hydrogens is 400 g/mol. The minimum absolute atomic E-state index is 0. The van der Waals surface area contributed by atoms with Crippen molar-refractivity contribution < 1.29 is 13.2 Å². The number of carbonyl (C=O) groups excluding carboxylic acids is 1. The quantitative estimate of drug-likeness (QED) is 0.556. The van der Waals surface area contributed by atoms with E-state index in [1.165, 1.54) is 4.31 Å². The normalized spacial score (nSPS) is 19.3. The van der Waals surface area contributed by atoms with E-state index in [1.807, 2.05) is 20.8 Å². The zero-order valence-electron chi connectivity index (χ0n) is 16.9.